The number of fused-ring (bicyclic) bond motifs is 1. The molecule has 0 aliphatic carbocycles. The Morgan fingerprint density at radius 1 is 1.18 bits per heavy atom. The first-order valence-corrected chi connectivity index (χ1v) is 9.75. The van der Waals surface area contributed by atoms with Crippen molar-refractivity contribution in [3.8, 4) is 0 Å². The van der Waals surface area contributed by atoms with E-state index in [4.69, 9.17) is 14.5 Å². The third kappa shape index (κ3) is 5.53. The molecule has 152 valence electrons. The molecule has 8 heteroatoms. The van der Waals surface area contributed by atoms with Crippen molar-refractivity contribution in [3.63, 3.8) is 0 Å². The second-order valence-electron chi connectivity index (χ2n) is 6.88. The van der Waals surface area contributed by atoms with Gasteiger partial charge in [0.2, 0.25) is 0 Å². The van der Waals surface area contributed by atoms with E-state index in [1.165, 1.54) is 11.1 Å². The summed E-state index contributed by atoms with van der Waals surface area (Å²) in [7, 11) is 3.37. The number of methoxy groups -OCH3 is 2. The van der Waals surface area contributed by atoms with Crippen LogP contribution in [0.2, 0.25) is 0 Å². The van der Waals surface area contributed by atoms with Crippen molar-refractivity contribution in [2.24, 2.45) is 4.99 Å². The van der Waals surface area contributed by atoms with Crippen LogP contribution in [-0.2, 0) is 42.2 Å². The first-order valence-electron chi connectivity index (χ1n) is 9.75. The molecule has 8 nitrogen and oxygen atoms in total. The van der Waals surface area contributed by atoms with Crippen molar-refractivity contribution in [3.05, 3.63) is 47.0 Å². The summed E-state index contributed by atoms with van der Waals surface area (Å²) in [4.78, 5) is 9.27. The smallest absolute Gasteiger partial charge is 0.191 e. The molecule has 1 unspecified atom stereocenters. The van der Waals surface area contributed by atoms with Crippen molar-refractivity contribution >= 4 is 5.96 Å². The minimum Gasteiger partial charge on any atom is -0.380 e. The van der Waals surface area contributed by atoms with Crippen LogP contribution in [-0.4, -0.2) is 47.5 Å². The van der Waals surface area contributed by atoms with Gasteiger partial charge < -0.3 is 20.1 Å². The number of hydrogen-bond acceptors (Lipinski definition) is 5. The van der Waals surface area contributed by atoms with Crippen molar-refractivity contribution < 1.29 is 9.47 Å². The summed E-state index contributed by atoms with van der Waals surface area (Å²) in [6, 6.07) is 8.63. The lowest BCUT2D eigenvalue weighted by atomic mass is 10.1. The Kier molecular flexibility index (Phi) is 7.39. The molecule has 0 fully saturated rings. The molecule has 1 aromatic heterocycles. The van der Waals surface area contributed by atoms with Gasteiger partial charge in [0.25, 0.3) is 0 Å². The fourth-order valence-corrected chi connectivity index (χ4v) is 3.26. The van der Waals surface area contributed by atoms with E-state index in [9.17, 15) is 0 Å². The number of aryl methyl sites for hydroxylation is 1. The number of nitrogens with one attached hydrogen (secondary N) is 2. The topological polar surface area (TPSA) is 85.6 Å². The third-order valence-electron chi connectivity index (χ3n) is 4.61. The lowest BCUT2D eigenvalue weighted by Gasteiger charge is -2.25. The number of benzene rings is 1. The Morgan fingerprint density at radius 2 is 1.93 bits per heavy atom. The van der Waals surface area contributed by atoms with Gasteiger partial charge in [-0.25, -0.2) is 14.7 Å². The van der Waals surface area contributed by atoms with E-state index in [-0.39, 0.29) is 6.04 Å². The summed E-state index contributed by atoms with van der Waals surface area (Å²) in [5, 5.41) is 11.4. The highest BCUT2D eigenvalue weighted by Crippen LogP contribution is 2.13. The van der Waals surface area contributed by atoms with Crippen molar-refractivity contribution in [1.82, 2.24) is 25.4 Å². The molecule has 0 amide bonds. The molecule has 1 aliphatic rings. The zero-order chi connectivity index (χ0) is 19.8. The van der Waals surface area contributed by atoms with Gasteiger partial charge in [-0.3, -0.25) is 0 Å². The van der Waals surface area contributed by atoms with E-state index >= 15 is 0 Å². The number of hydrogen-bond donors (Lipinski definition) is 2. The first kappa shape index (κ1) is 20.3. The van der Waals surface area contributed by atoms with Crippen LogP contribution in [0.1, 0.15) is 36.1 Å². The summed E-state index contributed by atoms with van der Waals surface area (Å²) < 4.78 is 12.3. The summed E-state index contributed by atoms with van der Waals surface area (Å²) in [5.74, 6) is 2.60. The van der Waals surface area contributed by atoms with Crippen molar-refractivity contribution in [2.75, 3.05) is 20.8 Å². The maximum absolute atomic E-state index is 5.16. The molecule has 1 atom stereocenters. The highest BCUT2D eigenvalue weighted by Gasteiger charge is 2.22. The molecule has 0 saturated heterocycles. The van der Waals surface area contributed by atoms with Crippen LogP contribution in [0.25, 0.3) is 0 Å². The van der Waals surface area contributed by atoms with Gasteiger partial charge >= 0.3 is 0 Å². The van der Waals surface area contributed by atoms with Gasteiger partial charge in [0.05, 0.1) is 19.7 Å². The number of guanidine groups is 1. The summed E-state index contributed by atoms with van der Waals surface area (Å²) in [5.41, 5.74) is 2.34. The second-order valence-corrected chi connectivity index (χ2v) is 6.88. The van der Waals surface area contributed by atoms with Crippen LogP contribution in [0.4, 0.5) is 0 Å². The van der Waals surface area contributed by atoms with Crippen LogP contribution in [0.5, 0.6) is 0 Å². The van der Waals surface area contributed by atoms with E-state index in [0.717, 1.165) is 43.5 Å². The Morgan fingerprint density at radius 3 is 2.64 bits per heavy atom. The maximum Gasteiger partial charge on any atom is 0.191 e. The molecular weight excluding hydrogens is 356 g/mol. The fraction of sp³-hybridized carbons (Fsp3) is 0.550. The SMILES string of the molecule is CCNC(=NCc1ccc(COC)cc1)NC1CCc2nc(COC)nn2C1. The van der Waals surface area contributed by atoms with Crippen molar-refractivity contribution in [2.45, 2.75) is 52.1 Å². The predicted octanol–water partition coefficient (Wildman–Crippen LogP) is 1.64. The summed E-state index contributed by atoms with van der Waals surface area (Å²) in [6.45, 7) is 5.38. The van der Waals surface area contributed by atoms with Crippen LogP contribution in [0, 0.1) is 0 Å². The van der Waals surface area contributed by atoms with Gasteiger partial charge in [0.15, 0.2) is 11.8 Å². The molecule has 0 saturated carbocycles. The maximum atomic E-state index is 5.16. The third-order valence-corrected chi connectivity index (χ3v) is 4.61. The largest absolute Gasteiger partial charge is 0.380 e. The first-order chi connectivity index (χ1) is 13.7. The minimum absolute atomic E-state index is 0.270. The second kappa shape index (κ2) is 10.2. The quantitative estimate of drug-likeness (QED) is 0.530. The normalized spacial score (nSPS) is 16.7. The molecule has 2 aromatic rings. The lowest BCUT2D eigenvalue weighted by Crippen LogP contribution is -2.47. The highest BCUT2D eigenvalue weighted by molar-refractivity contribution is 5.80. The molecule has 0 bridgehead atoms. The molecule has 1 aliphatic heterocycles. The van der Waals surface area contributed by atoms with E-state index in [1.807, 2.05) is 4.68 Å². The van der Waals surface area contributed by atoms with Crippen LogP contribution in [0.15, 0.2) is 29.3 Å². The van der Waals surface area contributed by atoms with Gasteiger partial charge in [-0.2, -0.15) is 5.10 Å². The zero-order valence-electron chi connectivity index (χ0n) is 16.9. The van der Waals surface area contributed by atoms with Crippen LogP contribution < -0.4 is 10.6 Å². The van der Waals surface area contributed by atoms with E-state index < -0.39 is 0 Å². The van der Waals surface area contributed by atoms with Crippen molar-refractivity contribution in [1.29, 1.82) is 0 Å². The van der Waals surface area contributed by atoms with Gasteiger partial charge in [-0.15, -0.1) is 0 Å². The van der Waals surface area contributed by atoms with E-state index in [2.05, 4.69) is 51.9 Å². The standard InChI is InChI=1S/C20H30N6O2/c1-4-21-20(22-11-15-5-7-16(8-6-15)13-27-2)23-17-9-10-19-24-18(14-28-3)25-26(19)12-17/h5-8,17H,4,9-14H2,1-3H3,(H2,21,22,23). The van der Waals surface area contributed by atoms with E-state index in [1.54, 1.807) is 14.2 Å². The molecule has 1 aromatic carbocycles. The minimum atomic E-state index is 0.270. The van der Waals surface area contributed by atoms with Gasteiger partial charge in [-0.05, 0) is 24.5 Å². The van der Waals surface area contributed by atoms with E-state index in [0.29, 0.717) is 19.8 Å². The number of aromatic nitrogens is 3. The Labute approximate surface area is 166 Å². The Balaban J connectivity index is 1.59. The number of ether oxygens (including phenoxy) is 2. The van der Waals surface area contributed by atoms with Gasteiger partial charge in [0.1, 0.15) is 12.4 Å². The predicted molar refractivity (Wildman–Crippen MR) is 108 cm³/mol. The molecule has 2 N–H and O–H groups in total. The van der Waals surface area contributed by atoms with Crippen LogP contribution >= 0.6 is 0 Å². The van der Waals surface area contributed by atoms with Gasteiger partial charge in [-0.1, -0.05) is 24.3 Å². The molecule has 0 radical (unpaired) electrons. The average molecular weight is 387 g/mol. The number of nitrogens with zero attached hydrogens (tertiary/aromatic N) is 4. The molecular formula is C20H30N6O2. The Bertz CT molecular complexity index is 772. The molecule has 0 spiro atoms. The Hall–Kier alpha value is -2.45. The molecule has 3 rings (SSSR count). The molecule has 28 heavy (non-hydrogen) atoms. The molecule has 2 heterocycles. The average Bonchev–Trinajstić information content (AvgIpc) is 3.10. The zero-order valence-corrected chi connectivity index (χ0v) is 16.9. The van der Waals surface area contributed by atoms with Gasteiger partial charge in [0, 0.05) is 33.2 Å². The lowest BCUT2D eigenvalue weighted by molar-refractivity contribution is 0.177. The summed E-state index contributed by atoms with van der Waals surface area (Å²) >= 11 is 0. The summed E-state index contributed by atoms with van der Waals surface area (Å²) in [6.07, 6.45) is 1.90. The van der Waals surface area contributed by atoms with Crippen LogP contribution in [0.3, 0.4) is 0 Å². The fourth-order valence-electron chi connectivity index (χ4n) is 3.26. The monoisotopic (exact) mass is 386 g/mol. The highest BCUT2D eigenvalue weighted by atomic mass is 16.5. The number of aliphatic imine (C=N–C) groups is 1. The number of rotatable bonds is 8.